The summed E-state index contributed by atoms with van der Waals surface area (Å²) >= 11 is 0. The number of rotatable bonds is 10. The topological polar surface area (TPSA) is 129 Å². The van der Waals surface area contributed by atoms with Gasteiger partial charge in [0.25, 0.3) is 0 Å². The number of carboxylic acids is 1. The van der Waals surface area contributed by atoms with Crippen LogP contribution in [0.2, 0.25) is 0 Å². The third-order valence-electron chi connectivity index (χ3n) is 8.70. The molecule has 3 aromatic rings. The summed E-state index contributed by atoms with van der Waals surface area (Å²) in [6.45, 7) is 8.27. The first-order valence-corrected chi connectivity index (χ1v) is 16.2. The van der Waals surface area contributed by atoms with Gasteiger partial charge in [0.15, 0.2) is 0 Å². The van der Waals surface area contributed by atoms with Crippen molar-refractivity contribution in [1.82, 2.24) is 20.0 Å². The number of carboxylic acid groups (broad SMARTS) is 1. The zero-order chi connectivity index (χ0) is 34.4. The predicted octanol–water partition coefficient (Wildman–Crippen LogP) is 4.73. The highest BCUT2D eigenvalue weighted by molar-refractivity contribution is 5.81. The summed E-state index contributed by atoms with van der Waals surface area (Å²) in [4.78, 5) is 55.0. The van der Waals surface area contributed by atoms with Gasteiger partial charge in [-0.1, -0.05) is 72.8 Å². The second kappa shape index (κ2) is 14.9. The second-order valence-corrected chi connectivity index (χ2v) is 13.3. The standard InChI is InChI=1S/C37H44N4O7/c1-37(2,3)48-33(42)23-40-17-19-41(20-18-40)35(45)38-22-26-15-13-25(14-16-26)21-32(34(43)44)39(4)36(46)47-24-31-29-11-7-5-9-27(29)28-10-6-8-12-30(28)31/h5-16,31-32H,17-24H2,1-4H3,(H,38,45)(H,43,44)/t32-/m0/s1. The van der Waals surface area contributed by atoms with Crippen LogP contribution in [0.1, 0.15) is 48.9 Å². The average molecular weight is 657 g/mol. The minimum absolute atomic E-state index is 0.0935. The number of ether oxygens (including phenoxy) is 2. The SMILES string of the molecule is CN(C(=O)OCC1c2ccccc2-c2ccccc21)[C@@H](Cc1ccc(CNC(=O)N2CCN(CC(=O)OC(C)(C)C)CC2)cc1)C(=O)O. The van der Waals surface area contributed by atoms with Gasteiger partial charge in [-0.3, -0.25) is 14.6 Å². The molecule has 1 heterocycles. The molecule has 0 bridgehead atoms. The molecule has 0 radical (unpaired) electrons. The number of fused-ring (bicyclic) bond motifs is 3. The molecule has 3 aromatic carbocycles. The molecule has 0 spiro atoms. The highest BCUT2D eigenvalue weighted by Crippen LogP contribution is 2.44. The van der Waals surface area contributed by atoms with Gasteiger partial charge in [-0.05, 0) is 54.2 Å². The Bertz CT molecular complexity index is 1580. The number of carbonyl (C=O) groups excluding carboxylic acids is 3. The third-order valence-corrected chi connectivity index (χ3v) is 8.70. The van der Waals surface area contributed by atoms with Crippen molar-refractivity contribution in [3.05, 3.63) is 95.1 Å². The van der Waals surface area contributed by atoms with E-state index in [1.54, 1.807) is 17.0 Å². The van der Waals surface area contributed by atoms with Crippen molar-refractivity contribution in [2.24, 2.45) is 0 Å². The molecule has 11 heteroatoms. The van der Waals surface area contributed by atoms with Gasteiger partial charge in [-0.15, -0.1) is 0 Å². The Hall–Kier alpha value is -4.90. The molecule has 1 atom stereocenters. The third kappa shape index (κ3) is 8.51. The molecule has 3 amide bonds. The Labute approximate surface area is 281 Å². The fraction of sp³-hybridized carbons (Fsp3) is 0.405. The molecule has 11 nitrogen and oxygen atoms in total. The molecule has 2 N–H and O–H groups in total. The first-order valence-electron chi connectivity index (χ1n) is 16.2. The van der Waals surface area contributed by atoms with E-state index in [9.17, 15) is 24.3 Å². The van der Waals surface area contributed by atoms with E-state index in [1.807, 2.05) is 74.2 Å². The van der Waals surface area contributed by atoms with Crippen LogP contribution in [0.5, 0.6) is 0 Å². The molecule has 5 rings (SSSR count). The van der Waals surface area contributed by atoms with Gasteiger partial charge in [-0.25, -0.2) is 14.4 Å². The van der Waals surface area contributed by atoms with Gasteiger partial charge in [0.2, 0.25) is 0 Å². The van der Waals surface area contributed by atoms with E-state index in [1.165, 1.54) is 7.05 Å². The summed E-state index contributed by atoms with van der Waals surface area (Å²) in [6.07, 6.45) is -0.606. The number of amides is 3. The normalized spacial score (nSPS) is 15.2. The number of urea groups is 1. The van der Waals surface area contributed by atoms with Crippen LogP contribution in [-0.2, 0) is 32.0 Å². The van der Waals surface area contributed by atoms with Crippen molar-refractivity contribution < 1.29 is 33.8 Å². The van der Waals surface area contributed by atoms with E-state index < -0.39 is 23.7 Å². The molecule has 1 saturated heterocycles. The molecule has 0 aromatic heterocycles. The van der Waals surface area contributed by atoms with E-state index in [4.69, 9.17) is 9.47 Å². The number of hydrogen-bond acceptors (Lipinski definition) is 7. The van der Waals surface area contributed by atoms with Gasteiger partial charge in [0, 0.05) is 52.1 Å². The average Bonchev–Trinajstić information content (AvgIpc) is 3.38. The van der Waals surface area contributed by atoms with Crippen molar-refractivity contribution in [3.63, 3.8) is 0 Å². The van der Waals surface area contributed by atoms with Crippen LogP contribution in [0, 0.1) is 0 Å². The molecule has 48 heavy (non-hydrogen) atoms. The first-order chi connectivity index (χ1) is 22.9. The number of nitrogens with zero attached hydrogens (tertiary/aromatic N) is 3. The highest BCUT2D eigenvalue weighted by atomic mass is 16.6. The smallest absolute Gasteiger partial charge is 0.410 e. The lowest BCUT2D eigenvalue weighted by Crippen LogP contribution is -2.52. The molecule has 0 saturated carbocycles. The maximum atomic E-state index is 13.1. The summed E-state index contributed by atoms with van der Waals surface area (Å²) in [6, 6.07) is 22.0. The number of esters is 1. The molecule has 1 aliphatic heterocycles. The lowest BCUT2D eigenvalue weighted by molar-refractivity contribution is -0.156. The monoisotopic (exact) mass is 656 g/mol. The quantitative estimate of drug-likeness (QED) is 0.300. The van der Waals surface area contributed by atoms with Crippen LogP contribution in [0.25, 0.3) is 11.1 Å². The minimum atomic E-state index is -1.13. The minimum Gasteiger partial charge on any atom is -0.480 e. The number of benzene rings is 3. The number of hydrogen-bond donors (Lipinski definition) is 2. The predicted molar refractivity (Wildman–Crippen MR) is 180 cm³/mol. The first kappa shape index (κ1) is 34.4. The van der Waals surface area contributed by atoms with E-state index >= 15 is 0 Å². The van der Waals surface area contributed by atoms with Gasteiger partial charge in [-0.2, -0.15) is 0 Å². The Morgan fingerprint density at radius 1 is 0.875 bits per heavy atom. The Morgan fingerprint density at radius 2 is 1.44 bits per heavy atom. The lowest BCUT2D eigenvalue weighted by atomic mass is 9.98. The number of nitrogens with one attached hydrogen (secondary N) is 1. The molecule has 254 valence electrons. The Balaban J connectivity index is 1.09. The summed E-state index contributed by atoms with van der Waals surface area (Å²) in [5, 5.41) is 12.9. The van der Waals surface area contributed by atoms with Crippen molar-refractivity contribution >= 4 is 24.1 Å². The van der Waals surface area contributed by atoms with Crippen LogP contribution in [0.15, 0.2) is 72.8 Å². The summed E-state index contributed by atoms with van der Waals surface area (Å²) in [5.41, 5.74) is 5.45. The molecule has 1 aliphatic carbocycles. The number of aliphatic carboxylic acids is 1. The van der Waals surface area contributed by atoms with Gasteiger partial charge < -0.3 is 24.8 Å². The summed E-state index contributed by atoms with van der Waals surface area (Å²) in [5.74, 6) is -1.53. The van der Waals surface area contributed by atoms with E-state index in [2.05, 4.69) is 17.4 Å². The molecule has 2 aliphatic rings. The number of piperazine rings is 1. The fourth-order valence-electron chi connectivity index (χ4n) is 6.18. The Kier molecular flexibility index (Phi) is 10.7. The second-order valence-electron chi connectivity index (χ2n) is 13.3. The van der Waals surface area contributed by atoms with Crippen molar-refractivity contribution in [3.8, 4) is 11.1 Å². The van der Waals surface area contributed by atoms with Crippen LogP contribution >= 0.6 is 0 Å². The molecular formula is C37H44N4O7. The number of likely N-dealkylation sites (N-methyl/N-ethyl adjacent to an activating group) is 1. The van der Waals surface area contributed by atoms with E-state index in [0.717, 1.165) is 38.3 Å². The van der Waals surface area contributed by atoms with E-state index in [0.29, 0.717) is 32.7 Å². The van der Waals surface area contributed by atoms with Crippen molar-refractivity contribution in [2.75, 3.05) is 46.4 Å². The summed E-state index contributed by atoms with van der Waals surface area (Å²) in [7, 11) is 1.44. The zero-order valence-electron chi connectivity index (χ0n) is 28.0. The van der Waals surface area contributed by atoms with Crippen LogP contribution in [0.4, 0.5) is 9.59 Å². The van der Waals surface area contributed by atoms with Crippen LogP contribution in [-0.4, -0.2) is 102 Å². The van der Waals surface area contributed by atoms with Crippen LogP contribution in [0.3, 0.4) is 0 Å². The highest BCUT2D eigenvalue weighted by Gasteiger charge is 2.32. The van der Waals surface area contributed by atoms with Gasteiger partial charge in [0.05, 0.1) is 6.54 Å². The molecule has 0 unspecified atom stereocenters. The van der Waals surface area contributed by atoms with Crippen molar-refractivity contribution in [2.45, 2.75) is 51.3 Å². The maximum absolute atomic E-state index is 13.1. The van der Waals surface area contributed by atoms with E-state index in [-0.39, 0.29) is 37.5 Å². The lowest BCUT2D eigenvalue weighted by Gasteiger charge is -2.34. The largest absolute Gasteiger partial charge is 0.480 e. The molecular weight excluding hydrogens is 612 g/mol. The fourth-order valence-corrected chi connectivity index (χ4v) is 6.18. The molecule has 1 fully saturated rings. The summed E-state index contributed by atoms with van der Waals surface area (Å²) < 4.78 is 11.1. The Morgan fingerprint density at radius 3 is 2.00 bits per heavy atom. The van der Waals surface area contributed by atoms with Gasteiger partial charge in [0.1, 0.15) is 18.2 Å². The van der Waals surface area contributed by atoms with Crippen molar-refractivity contribution in [1.29, 1.82) is 0 Å². The van der Waals surface area contributed by atoms with Gasteiger partial charge >= 0.3 is 24.1 Å². The maximum Gasteiger partial charge on any atom is 0.410 e. The van der Waals surface area contributed by atoms with Crippen LogP contribution < -0.4 is 5.32 Å². The zero-order valence-corrected chi connectivity index (χ0v) is 28.0. The number of carbonyl (C=O) groups is 4.